The van der Waals surface area contributed by atoms with Crippen molar-refractivity contribution in [3.05, 3.63) is 57.1 Å². The average Bonchev–Trinajstić information content (AvgIpc) is 2.60. The predicted molar refractivity (Wildman–Crippen MR) is 105 cm³/mol. The molecule has 0 bridgehead atoms. The number of sulfone groups is 1. The third-order valence-corrected chi connectivity index (χ3v) is 5.36. The van der Waals surface area contributed by atoms with E-state index < -0.39 is 49.7 Å². The van der Waals surface area contributed by atoms with E-state index in [2.05, 4.69) is 5.32 Å². The second-order valence-electron chi connectivity index (χ2n) is 6.28. The maximum absolute atomic E-state index is 12.9. The quantitative estimate of drug-likeness (QED) is 0.514. The van der Waals surface area contributed by atoms with Gasteiger partial charge in [0.15, 0.2) is 9.84 Å². The highest BCUT2D eigenvalue weighted by atomic mass is 35.5. The van der Waals surface area contributed by atoms with Crippen molar-refractivity contribution in [2.45, 2.75) is 11.1 Å². The summed E-state index contributed by atoms with van der Waals surface area (Å²) in [5.41, 5.74) is -1.87. The molecule has 30 heavy (non-hydrogen) atoms. The average molecular weight is 466 g/mol. The molecule has 0 heterocycles. The lowest BCUT2D eigenvalue weighted by Crippen LogP contribution is -2.30. The number of nitro benzene ring substituents is 1. The Morgan fingerprint density at radius 3 is 2.40 bits per heavy atom. The molecule has 162 valence electrons. The number of carbonyl (C=O) groups is 1. The van der Waals surface area contributed by atoms with Gasteiger partial charge < -0.3 is 10.2 Å². The SMILES string of the molecule is CN(CC(=O)Nc1ccc(Cl)c(C(F)(F)F)c1)c1ccc(S(C)(=O)=O)cc1[N+](=O)[O-]. The molecule has 1 N–H and O–H groups in total. The van der Waals surface area contributed by atoms with E-state index in [1.807, 2.05) is 0 Å². The van der Waals surface area contributed by atoms with Gasteiger partial charge >= 0.3 is 6.18 Å². The number of hydrogen-bond acceptors (Lipinski definition) is 6. The summed E-state index contributed by atoms with van der Waals surface area (Å²) in [4.78, 5) is 23.6. The summed E-state index contributed by atoms with van der Waals surface area (Å²) in [5.74, 6) is -0.755. The molecule has 0 aliphatic heterocycles. The number of nitrogens with zero attached hydrogens (tertiary/aromatic N) is 2. The fourth-order valence-corrected chi connectivity index (χ4v) is 3.39. The molecule has 0 fully saturated rings. The Balaban J connectivity index is 2.23. The van der Waals surface area contributed by atoms with E-state index in [-0.39, 0.29) is 16.3 Å². The number of anilines is 2. The number of carbonyl (C=O) groups excluding carboxylic acids is 1. The number of likely N-dealkylation sites (N-methyl/N-ethyl adjacent to an activating group) is 1. The van der Waals surface area contributed by atoms with E-state index in [9.17, 15) is 36.5 Å². The summed E-state index contributed by atoms with van der Waals surface area (Å²) in [7, 11) is -2.35. The van der Waals surface area contributed by atoms with Gasteiger partial charge in [-0.05, 0) is 30.3 Å². The van der Waals surface area contributed by atoms with Gasteiger partial charge in [-0.25, -0.2) is 8.42 Å². The summed E-state index contributed by atoms with van der Waals surface area (Å²) in [6.07, 6.45) is -3.82. The first-order chi connectivity index (χ1) is 13.7. The van der Waals surface area contributed by atoms with Crippen LogP contribution in [0.4, 0.5) is 30.2 Å². The summed E-state index contributed by atoms with van der Waals surface area (Å²) in [5, 5.41) is 13.0. The third kappa shape index (κ3) is 5.60. The van der Waals surface area contributed by atoms with Crippen molar-refractivity contribution >= 4 is 44.4 Å². The summed E-state index contributed by atoms with van der Waals surface area (Å²) < 4.78 is 62.0. The Morgan fingerprint density at radius 2 is 1.87 bits per heavy atom. The van der Waals surface area contributed by atoms with Gasteiger partial charge in [0.1, 0.15) is 5.69 Å². The fourth-order valence-electron chi connectivity index (χ4n) is 2.52. The predicted octanol–water partition coefficient (Wildman–Crippen LogP) is 3.75. The maximum Gasteiger partial charge on any atom is 0.417 e. The first kappa shape index (κ1) is 23.4. The van der Waals surface area contributed by atoms with Crippen molar-refractivity contribution in [2.24, 2.45) is 0 Å². The van der Waals surface area contributed by atoms with Crippen molar-refractivity contribution in [2.75, 3.05) is 30.1 Å². The summed E-state index contributed by atoms with van der Waals surface area (Å²) in [6.45, 7) is -0.455. The van der Waals surface area contributed by atoms with E-state index in [1.165, 1.54) is 24.1 Å². The molecule has 0 radical (unpaired) electrons. The van der Waals surface area contributed by atoms with Crippen LogP contribution in [0.5, 0.6) is 0 Å². The lowest BCUT2D eigenvalue weighted by molar-refractivity contribution is -0.384. The van der Waals surface area contributed by atoms with Crippen molar-refractivity contribution in [3.8, 4) is 0 Å². The Bertz CT molecular complexity index is 1110. The highest BCUT2D eigenvalue weighted by molar-refractivity contribution is 7.90. The van der Waals surface area contributed by atoms with Crippen LogP contribution in [0.1, 0.15) is 5.56 Å². The van der Waals surface area contributed by atoms with E-state index in [1.54, 1.807) is 0 Å². The minimum Gasteiger partial charge on any atom is -0.360 e. The van der Waals surface area contributed by atoms with Crippen molar-refractivity contribution in [1.82, 2.24) is 0 Å². The van der Waals surface area contributed by atoms with Crippen LogP contribution in [-0.4, -0.2) is 39.1 Å². The zero-order valence-corrected chi connectivity index (χ0v) is 17.1. The molecular formula is C17H15ClF3N3O5S. The van der Waals surface area contributed by atoms with Gasteiger partial charge in [0.2, 0.25) is 5.91 Å². The van der Waals surface area contributed by atoms with Crippen molar-refractivity contribution in [3.63, 3.8) is 0 Å². The van der Waals surface area contributed by atoms with Gasteiger partial charge in [0.25, 0.3) is 5.69 Å². The van der Waals surface area contributed by atoms with Crippen LogP contribution in [0.3, 0.4) is 0 Å². The Hall–Kier alpha value is -2.86. The number of amides is 1. The number of nitrogens with one attached hydrogen (secondary N) is 1. The van der Waals surface area contributed by atoms with Gasteiger partial charge in [-0.1, -0.05) is 11.6 Å². The molecule has 1 amide bonds. The van der Waals surface area contributed by atoms with Gasteiger partial charge in [-0.2, -0.15) is 13.2 Å². The highest BCUT2D eigenvalue weighted by Gasteiger charge is 2.33. The van der Waals surface area contributed by atoms with Crippen molar-refractivity contribution < 1.29 is 31.3 Å². The highest BCUT2D eigenvalue weighted by Crippen LogP contribution is 2.36. The standard InChI is InChI=1S/C17H15ClF3N3O5S/c1-23(14-6-4-11(30(2,28)29)8-15(14)24(26)27)9-16(25)22-10-3-5-13(18)12(7-10)17(19,20)21/h3-8H,9H2,1-2H3,(H,22,25). The third-order valence-electron chi connectivity index (χ3n) is 3.92. The van der Waals surface area contributed by atoms with Crippen LogP contribution >= 0.6 is 11.6 Å². The van der Waals surface area contributed by atoms with Gasteiger partial charge in [-0.3, -0.25) is 14.9 Å². The molecular weight excluding hydrogens is 451 g/mol. The summed E-state index contributed by atoms with van der Waals surface area (Å²) >= 11 is 5.53. The van der Waals surface area contributed by atoms with Crippen LogP contribution in [0.15, 0.2) is 41.3 Å². The molecule has 0 unspecified atom stereocenters. The number of alkyl halides is 3. The molecule has 0 atom stereocenters. The number of rotatable bonds is 6. The molecule has 0 aliphatic carbocycles. The monoisotopic (exact) mass is 465 g/mol. The number of nitro groups is 1. The second-order valence-corrected chi connectivity index (χ2v) is 8.70. The minimum absolute atomic E-state index is 0.0466. The molecule has 0 saturated heterocycles. The lowest BCUT2D eigenvalue weighted by Gasteiger charge is -2.19. The van der Waals surface area contributed by atoms with Crippen LogP contribution in [0, 0.1) is 10.1 Å². The number of halogens is 4. The zero-order chi connectivity index (χ0) is 22.9. The molecule has 0 aromatic heterocycles. The maximum atomic E-state index is 12.9. The Labute approximate surface area is 174 Å². The van der Waals surface area contributed by atoms with Crippen molar-refractivity contribution in [1.29, 1.82) is 0 Å². The first-order valence-electron chi connectivity index (χ1n) is 8.06. The van der Waals surface area contributed by atoms with Crippen LogP contribution in [0.25, 0.3) is 0 Å². The van der Waals surface area contributed by atoms with Crippen LogP contribution in [0.2, 0.25) is 5.02 Å². The molecule has 0 aliphatic rings. The zero-order valence-electron chi connectivity index (χ0n) is 15.5. The smallest absolute Gasteiger partial charge is 0.360 e. The largest absolute Gasteiger partial charge is 0.417 e. The normalized spacial score (nSPS) is 11.8. The van der Waals surface area contributed by atoms with Gasteiger partial charge in [-0.15, -0.1) is 0 Å². The second kappa shape index (κ2) is 8.48. The number of benzene rings is 2. The summed E-state index contributed by atoms with van der Waals surface area (Å²) in [6, 6.07) is 6.03. The van der Waals surface area contributed by atoms with E-state index in [4.69, 9.17) is 11.6 Å². The lowest BCUT2D eigenvalue weighted by atomic mass is 10.2. The topological polar surface area (TPSA) is 110 Å². The molecule has 13 heteroatoms. The minimum atomic E-state index is -4.71. The molecule has 8 nitrogen and oxygen atoms in total. The van der Waals surface area contributed by atoms with E-state index in [0.717, 1.165) is 24.5 Å². The molecule has 2 rings (SSSR count). The first-order valence-corrected chi connectivity index (χ1v) is 10.3. The molecule has 0 saturated carbocycles. The van der Waals surface area contributed by atoms with E-state index in [0.29, 0.717) is 6.07 Å². The molecule has 2 aromatic rings. The van der Waals surface area contributed by atoms with Gasteiger partial charge in [0.05, 0.1) is 26.9 Å². The Kier molecular flexibility index (Phi) is 6.62. The van der Waals surface area contributed by atoms with Crippen LogP contribution in [-0.2, 0) is 20.8 Å². The molecule has 0 spiro atoms. The van der Waals surface area contributed by atoms with Crippen LogP contribution < -0.4 is 10.2 Å². The number of hydrogen-bond donors (Lipinski definition) is 1. The fraction of sp³-hybridized carbons (Fsp3) is 0.235. The Morgan fingerprint density at radius 1 is 1.23 bits per heavy atom. The molecule has 2 aromatic carbocycles. The van der Waals surface area contributed by atoms with Gasteiger partial charge in [0, 0.05) is 25.1 Å². The van der Waals surface area contributed by atoms with E-state index >= 15 is 0 Å².